The fourth-order valence-corrected chi connectivity index (χ4v) is 1.59. The molecule has 0 saturated carbocycles. The molecule has 0 aliphatic rings. The van der Waals surface area contributed by atoms with Crippen molar-refractivity contribution in [1.82, 2.24) is 19.9 Å². The van der Waals surface area contributed by atoms with Gasteiger partial charge in [-0.3, -0.25) is 4.98 Å². The second-order valence-corrected chi connectivity index (χ2v) is 4.65. The van der Waals surface area contributed by atoms with E-state index in [2.05, 4.69) is 25.3 Å². The second kappa shape index (κ2) is 6.27. The summed E-state index contributed by atoms with van der Waals surface area (Å²) in [6.45, 7) is 8.53. The van der Waals surface area contributed by atoms with Crippen LogP contribution in [0.2, 0.25) is 0 Å². The van der Waals surface area contributed by atoms with Crippen molar-refractivity contribution in [3.05, 3.63) is 24.0 Å². The summed E-state index contributed by atoms with van der Waals surface area (Å²) in [4.78, 5) is 17.2. The van der Waals surface area contributed by atoms with Crippen LogP contribution in [0, 0.1) is 6.92 Å². The van der Waals surface area contributed by atoms with Crippen LogP contribution in [-0.4, -0.2) is 32.6 Å². The van der Waals surface area contributed by atoms with Gasteiger partial charge in [0.2, 0.25) is 5.95 Å². The highest BCUT2D eigenvalue weighted by molar-refractivity contribution is 5.55. The fourth-order valence-electron chi connectivity index (χ4n) is 1.59. The SMILES string of the molecule is CCNc1nc(OC(C)C)nc(-c2ccc(C)nc2)n1. The molecule has 20 heavy (non-hydrogen) atoms. The van der Waals surface area contributed by atoms with Crippen molar-refractivity contribution in [2.45, 2.75) is 33.8 Å². The molecular weight excluding hydrogens is 254 g/mol. The molecule has 2 heterocycles. The van der Waals surface area contributed by atoms with Crippen LogP contribution >= 0.6 is 0 Å². The summed E-state index contributed by atoms with van der Waals surface area (Å²) in [6, 6.07) is 4.18. The summed E-state index contributed by atoms with van der Waals surface area (Å²) in [5.74, 6) is 1.06. The largest absolute Gasteiger partial charge is 0.461 e. The first-order valence-electron chi connectivity index (χ1n) is 6.68. The summed E-state index contributed by atoms with van der Waals surface area (Å²) < 4.78 is 5.56. The zero-order valence-electron chi connectivity index (χ0n) is 12.2. The first-order chi connectivity index (χ1) is 9.58. The van der Waals surface area contributed by atoms with E-state index >= 15 is 0 Å². The third-order valence-corrected chi connectivity index (χ3v) is 2.46. The van der Waals surface area contributed by atoms with Gasteiger partial charge in [0.1, 0.15) is 0 Å². The van der Waals surface area contributed by atoms with Crippen molar-refractivity contribution in [1.29, 1.82) is 0 Å². The lowest BCUT2D eigenvalue weighted by atomic mass is 10.2. The Kier molecular flexibility index (Phi) is 4.45. The number of ether oxygens (including phenoxy) is 1. The minimum absolute atomic E-state index is 0.0101. The number of nitrogens with zero attached hydrogens (tertiary/aromatic N) is 4. The molecule has 0 fully saturated rings. The normalized spacial score (nSPS) is 10.7. The molecule has 6 nitrogen and oxygen atoms in total. The Hall–Kier alpha value is -2.24. The third kappa shape index (κ3) is 3.63. The molecule has 0 aliphatic heterocycles. The molecule has 0 spiro atoms. The Labute approximate surface area is 118 Å². The Bertz CT molecular complexity index is 568. The van der Waals surface area contributed by atoms with Crippen LogP contribution in [0.4, 0.5) is 5.95 Å². The average molecular weight is 273 g/mol. The number of nitrogens with one attached hydrogen (secondary N) is 1. The fraction of sp³-hybridized carbons (Fsp3) is 0.429. The van der Waals surface area contributed by atoms with Crippen molar-refractivity contribution in [3.8, 4) is 17.4 Å². The molecule has 1 N–H and O–H groups in total. The number of aryl methyl sites for hydroxylation is 1. The molecule has 0 radical (unpaired) electrons. The predicted molar refractivity (Wildman–Crippen MR) is 77.7 cm³/mol. The molecule has 0 aromatic carbocycles. The zero-order chi connectivity index (χ0) is 14.5. The van der Waals surface area contributed by atoms with Gasteiger partial charge < -0.3 is 10.1 Å². The van der Waals surface area contributed by atoms with E-state index in [1.807, 2.05) is 39.8 Å². The lowest BCUT2D eigenvalue weighted by Crippen LogP contribution is -2.12. The van der Waals surface area contributed by atoms with Gasteiger partial charge >= 0.3 is 6.01 Å². The molecule has 6 heteroatoms. The van der Waals surface area contributed by atoms with Crippen LogP contribution in [0.15, 0.2) is 18.3 Å². The Morgan fingerprint density at radius 1 is 1.20 bits per heavy atom. The third-order valence-electron chi connectivity index (χ3n) is 2.46. The molecule has 2 aromatic rings. The molecule has 2 rings (SSSR count). The molecule has 0 amide bonds. The summed E-state index contributed by atoms with van der Waals surface area (Å²) in [5, 5.41) is 3.08. The highest BCUT2D eigenvalue weighted by atomic mass is 16.5. The van der Waals surface area contributed by atoms with Gasteiger partial charge in [-0.05, 0) is 39.8 Å². The van der Waals surface area contributed by atoms with E-state index in [9.17, 15) is 0 Å². The number of hydrogen-bond donors (Lipinski definition) is 1. The summed E-state index contributed by atoms with van der Waals surface area (Å²) in [7, 11) is 0. The number of anilines is 1. The first-order valence-corrected chi connectivity index (χ1v) is 6.68. The van der Waals surface area contributed by atoms with E-state index < -0.39 is 0 Å². The number of pyridine rings is 1. The molecular formula is C14H19N5O. The standard InChI is InChI=1S/C14H19N5O/c1-5-15-13-17-12(11-7-6-10(4)16-8-11)18-14(19-13)20-9(2)3/h6-9H,5H2,1-4H3,(H,15,17,18,19). The van der Waals surface area contributed by atoms with Gasteiger partial charge in [0, 0.05) is 24.0 Å². The van der Waals surface area contributed by atoms with Crippen molar-refractivity contribution < 1.29 is 4.74 Å². The Balaban J connectivity index is 2.40. The molecule has 0 bridgehead atoms. The maximum atomic E-state index is 5.56. The van der Waals surface area contributed by atoms with Gasteiger partial charge in [-0.2, -0.15) is 15.0 Å². The van der Waals surface area contributed by atoms with E-state index in [4.69, 9.17) is 4.74 Å². The maximum Gasteiger partial charge on any atom is 0.322 e. The van der Waals surface area contributed by atoms with Gasteiger partial charge in [-0.15, -0.1) is 0 Å². The summed E-state index contributed by atoms with van der Waals surface area (Å²) in [5.41, 5.74) is 1.79. The van der Waals surface area contributed by atoms with Crippen LogP contribution in [0.3, 0.4) is 0 Å². The smallest absolute Gasteiger partial charge is 0.322 e. The Morgan fingerprint density at radius 2 is 2.00 bits per heavy atom. The van der Waals surface area contributed by atoms with Crippen molar-refractivity contribution in [2.24, 2.45) is 0 Å². The molecule has 0 unspecified atom stereocenters. The molecule has 106 valence electrons. The van der Waals surface area contributed by atoms with Gasteiger partial charge in [0.15, 0.2) is 5.82 Å². The lowest BCUT2D eigenvalue weighted by molar-refractivity contribution is 0.222. The monoisotopic (exact) mass is 273 g/mol. The lowest BCUT2D eigenvalue weighted by Gasteiger charge is -2.10. The average Bonchev–Trinajstić information content (AvgIpc) is 2.38. The number of hydrogen-bond acceptors (Lipinski definition) is 6. The van der Waals surface area contributed by atoms with Crippen LogP contribution < -0.4 is 10.1 Å². The molecule has 0 aliphatic carbocycles. The summed E-state index contributed by atoms with van der Waals surface area (Å²) in [6.07, 6.45) is 1.76. The Morgan fingerprint density at radius 3 is 2.60 bits per heavy atom. The van der Waals surface area contributed by atoms with Crippen LogP contribution in [0.25, 0.3) is 11.4 Å². The predicted octanol–water partition coefficient (Wildman–Crippen LogP) is 2.46. The van der Waals surface area contributed by atoms with Crippen molar-refractivity contribution in [3.63, 3.8) is 0 Å². The minimum atomic E-state index is 0.0101. The summed E-state index contributed by atoms with van der Waals surface area (Å²) >= 11 is 0. The molecule has 0 atom stereocenters. The highest BCUT2D eigenvalue weighted by Gasteiger charge is 2.10. The quantitative estimate of drug-likeness (QED) is 0.902. The van der Waals surface area contributed by atoms with E-state index in [0.717, 1.165) is 17.8 Å². The topological polar surface area (TPSA) is 72.8 Å². The van der Waals surface area contributed by atoms with Gasteiger partial charge in [-0.1, -0.05) is 0 Å². The first kappa shape index (κ1) is 14.2. The number of aromatic nitrogens is 4. The van der Waals surface area contributed by atoms with E-state index in [-0.39, 0.29) is 6.10 Å². The van der Waals surface area contributed by atoms with E-state index in [0.29, 0.717) is 17.8 Å². The molecule has 0 saturated heterocycles. The van der Waals surface area contributed by atoms with E-state index in [1.165, 1.54) is 0 Å². The van der Waals surface area contributed by atoms with Crippen LogP contribution in [0.1, 0.15) is 26.5 Å². The zero-order valence-corrected chi connectivity index (χ0v) is 12.2. The molecule has 2 aromatic heterocycles. The van der Waals surface area contributed by atoms with Crippen LogP contribution in [0.5, 0.6) is 6.01 Å². The van der Waals surface area contributed by atoms with E-state index in [1.54, 1.807) is 6.20 Å². The van der Waals surface area contributed by atoms with Gasteiger partial charge in [-0.25, -0.2) is 0 Å². The van der Waals surface area contributed by atoms with Crippen molar-refractivity contribution in [2.75, 3.05) is 11.9 Å². The maximum absolute atomic E-state index is 5.56. The van der Waals surface area contributed by atoms with Gasteiger partial charge in [0.25, 0.3) is 0 Å². The second-order valence-electron chi connectivity index (χ2n) is 4.65. The van der Waals surface area contributed by atoms with Gasteiger partial charge in [0.05, 0.1) is 6.10 Å². The van der Waals surface area contributed by atoms with Crippen LogP contribution in [-0.2, 0) is 0 Å². The minimum Gasteiger partial charge on any atom is -0.461 e. The number of rotatable bonds is 5. The highest BCUT2D eigenvalue weighted by Crippen LogP contribution is 2.18. The van der Waals surface area contributed by atoms with Crippen molar-refractivity contribution >= 4 is 5.95 Å².